The number of carbonyl (C=O) groups is 1. The number of hydrogen-bond donors (Lipinski definition) is 2. The van der Waals surface area contributed by atoms with Crippen molar-refractivity contribution in [3.63, 3.8) is 0 Å². The molecular weight excluding hydrogens is 354 g/mol. The number of thiocarbonyl (C=S) groups is 1. The zero-order valence-electron chi connectivity index (χ0n) is 14.0. The van der Waals surface area contributed by atoms with E-state index in [2.05, 4.69) is 35.5 Å². The molecule has 0 bridgehead atoms. The molecule has 4 rings (SSSR count). The number of nitrogens with one attached hydrogen (secondary N) is 2. The van der Waals surface area contributed by atoms with E-state index >= 15 is 0 Å². The Morgan fingerprint density at radius 2 is 2.08 bits per heavy atom. The number of fused-ring (bicyclic) bond motifs is 2. The van der Waals surface area contributed by atoms with Gasteiger partial charge in [-0.25, -0.2) is 4.98 Å². The fourth-order valence-electron chi connectivity index (χ4n) is 3.75. The number of hydrogen-bond acceptors (Lipinski definition) is 3. The SMILES string of the molecule is CC1(C)C=C2NC(=S)N[C@@H](c3cc4ccccc4nc3Cl)[C@@H]2C(=O)C1. The van der Waals surface area contributed by atoms with Crippen molar-refractivity contribution in [1.29, 1.82) is 0 Å². The van der Waals surface area contributed by atoms with E-state index in [0.29, 0.717) is 16.7 Å². The summed E-state index contributed by atoms with van der Waals surface area (Å²) in [4.78, 5) is 17.4. The largest absolute Gasteiger partial charge is 0.354 e. The molecule has 6 heteroatoms. The Labute approximate surface area is 156 Å². The molecule has 1 aliphatic carbocycles. The second kappa shape index (κ2) is 5.78. The molecule has 4 nitrogen and oxygen atoms in total. The molecule has 2 aliphatic rings. The van der Waals surface area contributed by atoms with Gasteiger partial charge in [-0.15, -0.1) is 0 Å². The number of carbonyl (C=O) groups excluding carboxylic acids is 1. The summed E-state index contributed by atoms with van der Waals surface area (Å²) in [5, 5.41) is 8.28. The molecule has 1 fully saturated rings. The van der Waals surface area contributed by atoms with Crippen molar-refractivity contribution < 1.29 is 4.79 Å². The predicted octanol–water partition coefficient (Wildman–Crippen LogP) is 3.91. The first kappa shape index (κ1) is 16.5. The maximum Gasteiger partial charge on any atom is 0.171 e. The maximum atomic E-state index is 12.9. The lowest BCUT2D eigenvalue weighted by molar-refractivity contribution is -0.125. The summed E-state index contributed by atoms with van der Waals surface area (Å²) >= 11 is 11.8. The minimum absolute atomic E-state index is 0.180. The van der Waals surface area contributed by atoms with Gasteiger partial charge in [0.05, 0.1) is 17.5 Å². The summed E-state index contributed by atoms with van der Waals surface area (Å²) < 4.78 is 0. The molecule has 2 heterocycles. The number of nitrogens with zero attached hydrogens (tertiary/aromatic N) is 1. The Morgan fingerprint density at radius 3 is 2.88 bits per heavy atom. The minimum Gasteiger partial charge on any atom is -0.354 e. The van der Waals surface area contributed by atoms with Crippen molar-refractivity contribution in [2.24, 2.45) is 11.3 Å². The van der Waals surface area contributed by atoms with Crippen LogP contribution >= 0.6 is 23.8 Å². The molecule has 128 valence electrons. The molecule has 1 saturated heterocycles. The summed E-state index contributed by atoms with van der Waals surface area (Å²) in [5.41, 5.74) is 2.31. The van der Waals surface area contributed by atoms with Gasteiger partial charge in [-0.05, 0) is 29.8 Å². The molecule has 2 atom stereocenters. The topological polar surface area (TPSA) is 54.0 Å². The Hall–Kier alpha value is -1.98. The van der Waals surface area contributed by atoms with Gasteiger partial charge < -0.3 is 10.6 Å². The van der Waals surface area contributed by atoms with Gasteiger partial charge in [-0.2, -0.15) is 0 Å². The van der Waals surface area contributed by atoms with Gasteiger partial charge in [0.25, 0.3) is 0 Å². The molecule has 0 radical (unpaired) electrons. The number of halogens is 1. The highest BCUT2D eigenvalue weighted by Gasteiger charge is 2.43. The summed E-state index contributed by atoms with van der Waals surface area (Å²) in [6.07, 6.45) is 2.61. The van der Waals surface area contributed by atoms with Crippen molar-refractivity contribution in [3.05, 3.63) is 52.8 Å². The molecule has 1 aliphatic heterocycles. The van der Waals surface area contributed by atoms with E-state index in [1.807, 2.05) is 30.3 Å². The smallest absolute Gasteiger partial charge is 0.171 e. The van der Waals surface area contributed by atoms with E-state index in [1.165, 1.54) is 0 Å². The van der Waals surface area contributed by atoms with E-state index < -0.39 is 0 Å². The number of aromatic nitrogens is 1. The Bertz CT molecular complexity index is 937. The van der Waals surface area contributed by atoms with Crippen molar-refractivity contribution in [2.75, 3.05) is 0 Å². The summed E-state index contributed by atoms with van der Waals surface area (Å²) in [6.45, 7) is 4.11. The second-order valence-electron chi connectivity index (χ2n) is 7.35. The third-order valence-corrected chi connectivity index (χ3v) is 5.30. The highest BCUT2D eigenvalue weighted by molar-refractivity contribution is 7.80. The molecule has 1 aromatic carbocycles. The predicted molar refractivity (Wildman–Crippen MR) is 103 cm³/mol. The number of benzene rings is 1. The molecular formula is C19H18ClN3OS. The van der Waals surface area contributed by atoms with Crippen LogP contribution in [0.1, 0.15) is 31.9 Å². The average molecular weight is 372 g/mol. The van der Waals surface area contributed by atoms with Crippen LogP contribution in [0.25, 0.3) is 10.9 Å². The van der Waals surface area contributed by atoms with Crippen LogP contribution < -0.4 is 10.6 Å². The first-order valence-corrected chi connectivity index (χ1v) is 9.01. The van der Waals surface area contributed by atoms with Crippen LogP contribution in [0.4, 0.5) is 0 Å². The van der Waals surface area contributed by atoms with Gasteiger partial charge in [-0.3, -0.25) is 4.79 Å². The Kier molecular flexibility index (Phi) is 3.81. The van der Waals surface area contributed by atoms with Crippen LogP contribution in [0.3, 0.4) is 0 Å². The van der Waals surface area contributed by atoms with Crippen LogP contribution in [0.2, 0.25) is 5.15 Å². The quantitative estimate of drug-likeness (QED) is 0.588. The third-order valence-electron chi connectivity index (χ3n) is 4.78. The number of pyridine rings is 1. The fraction of sp³-hybridized carbons (Fsp3) is 0.316. The summed E-state index contributed by atoms with van der Waals surface area (Å²) in [7, 11) is 0. The molecule has 2 N–H and O–H groups in total. The van der Waals surface area contributed by atoms with Crippen molar-refractivity contribution in [2.45, 2.75) is 26.3 Å². The molecule has 0 unspecified atom stereocenters. The van der Waals surface area contributed by atoms with Gasteiger partial charge in [0, 0.05) is 23.1 Å². The lowest BCUT2D eigenvalue weighted by Crippen LogP contribution is -2.53. The lowest BCUT2D eigenvalue weighted by Gasteiger charge is -2.41. The first-order valence-electron chi connectivity index (χ1n) is 8.22. The van der Waals surface area contributed by atoms with Crippen molar-refractivity contribution in [1.82, 2.24) is 15.6 Å². The Morgan fingerprint density at radius 1 is 1.32 bits per heavy atom. The van der Waals surface area contributed by atoms with Gasteiger partial charge in [0.15, 0.2) is 5.11 Å². The van der Waals surface area contributed by atoms with E-state index in [1.54, 1.807) is 0 Å². The lowest BCUT2D eigenvalue weighted by atomic mass is 9.72. The van der Waals surface area contributed by atoms with Gasteiger partial charge in [0.2, 0.25) is 0 Å². The summed E-state index contributed by atoms with van der Waals surface area (Å²) in [6, 6.07) is 9.49. The van der Waals surface area contributed by atoms with Gasteiger partial charge in [-0.1, -0.05) is 49.7 Å². The monoisotopic (exact) mass is 371 g/mol. The second-order valence-corrected chi connectivity index (χ2v) is 8.11. The number of Topliss-reactive ketones (excluding diaryl/α,β-unsaturated/α-hetero) is 1. The molecule has 0 amide bonds. The highest BCUT2D eigenvalue weighted by atomic mass is 35.5. The molecule has 25 heavy (non-hydrogen) atoms. The first-order chi connectivity index (χ1) is 11.8. The molecule has 0 spiro atoms. The summed E-state index contributed by atoms with van der Waals surface area (Å²) in [5.74, 6) is -0.153. The number of para-hydroxylation sites is 1. The van der Waals surface area contributed by atoms with Gasteiger partial charge in [0.1, 0.15) is 10.9 Å². The number of ketones is 1. The van der Waals surface area contributed by atoms with Crippen molar-refractivity contribution >= 4 is 45.6 Å². The molecule has 1 aromatic heterocycles. The van der Waals surface area contributed by atoms with Crippen molar-refractivity contribution in [3.8, 4) is 0 Å². The normalized spacial score (nSPS) is 25.0. The standard InChI is InChI=1S/C19H18ClN3OS/c1-19(2)8-13-15(14(24)9-19)16(23-18(25)22-13)11-7-10-5-3-4-6-12(10)21-17(11)20/h3-8,15-16H,9H2,1-2H3,(H2,22,23,25)/t15-,16-/m0/s1. The van der Waals surface area contributed by atoms with Crippen LogP contribution in [0, 0.1) is 11.3 Å². The van der Waals surface area contributed by atoms with Gasteiger partial charge >= 0.3 is 0 Å². The van der Waals surface area contributed by atoms with E-state index in [-0.39, 0.29) is 23.2 Å². The average Bonchev–Trinajstić information content (AvgIpc) is 2.51. The zero-order valence-corrected chi connectivity index (χ0v) is 15.5. The third kappa shape index (κ3) is 2.92. The minimum atomic E-state index is -0.333. The fourth-order valence-corrected chi connectivity index (χ4v) is 4.26. The van der Waals surface area contributed by atoms with E-state index in [9.17, 15) is 4.79 Å². The maximum absolute atomic E-state index is 12.9. The molecule has 2 aromatic rings. The highest BCUT2D eigenvalue weighted by Crippen LogP contribution is 2.42. The van der Waals surface area contributed by atoms with E-state index in [4.69, 9.17) is 23.8 Å². The van der Waals surface area contributed by atoms with Crippen LogP contribution in [-0.4, -0.2) is 15.9 Å². The zero-order chi connectivity index (χ0) is 17.8. The number of rotatable bonds is 1. The molecule has 0 saturated carbocycles. The van der Waals surface area contributed by atoms with Crippen LogP contribution in [0.5, 0.6) is 0 Å². The van der Waals surface area contributed by atoms with E-state index in [0.717, 1.165) is 22.2 Å². The van der Waals surface area contributed by atoms with Crippen LogP contribution in [0.15, 0.2) is 42.1 Å². The number of allylic oxidation sites excluding steroid dienone is 1. The Balaban J connectivity index is 1.85. The van der Waals surface area contributed by atoms with Crippen LogP contribution in [-0.2, 0) is 4.79 Å².